The van der Waals surface area contributed by atoms with Gasteiger partial charge in [0.25, 0.3) is 5.91 Å². The van der Waals surface area contributed by atoms with Crippen LogP contribution in [0.5, 0.6) is 0 Å². The maximum Gasteiger partial charge on any atom is 0.255 e. The van der Waals surface area contributed by atoms with Gasteiger partial charge in [-0.15, -0.1) is 0 Å². The first-order valence-electron chi connectivity index (χ1n) is 8.59. The Morgan fingerprint density at radius 1 is 1.17 bits per heavy atom. The number of benzene rings is 1. The van der Waals surface area contributed by atoms with Gasteiger partial charge >= 0.3 is 0 Å². The summed E-state index contributed by atoms with van der Waals surface area (Å²) in [6.07, 6.45) is 3.36. The molecule has 4 rings (SSSR count). The normalized spacial score (nSPS) is 22.6. The first kappa shape index (κ1) is 15.3. The summed E-state index contributed by atoms with van der Waals surface area (Å²) in [6, 6.07) is 12.7. The Morgan fingerprint density at radius 3 is 2.79 bits per heavy atom. The fourth-order valence-corrected chi connectivity index (χ4v) is 4.16. The SMILES string of the molecule is CC1(C)CN2CCN(C(=O)c3cccnc3)CC2c2ccccc21. The molecule has 0 N–H and O–H groups in total. The fourth-order valence-electron chi connectivity index (χ4n) is 4.16. The van der Waals surface area contributed by atoms with Crippen LogP contribution in [-0.4, -0.2) is 46.9 Å². The van der Waals surface area contributed by atoms with Crippen LogP contribution in [0.1, 0.15) is 41.4 Å². The average Bonchev–Trinajstić information content (AvgIpc) is 2.61. The van der Waals surface area contributed by atoms with Crippen LogP contribution in [0, 0.1) is 0 Å². The van der Waals surface area contributed by atoms with Crippen molar-refractivity contribution < 1.29 is 4.79 Å². The van der Waals surface area contributed by atoms with E-state index in [9.17, 15) is 4.79 Å². The molecule has 4 nitrogen and oxygen atoms in total. The molecule has 1 aromatic heterocycles. The minimum Gasteiger partial charge on any atom is -0.335 e. The van der Waals surface area contributed by atoms with E-state index >= 15 is 0 Å². The Bertz CT molecular complexity index is 756. The van der Waals surface area contributed by atoms with E-state index < -0.39 is 0 Å². The number of hydrogen-bond acceptors (Lipinski definition) is 3. The van der Waals surface area contributed by atoms with E-state index in [-0.39, 0.29) is 11.3 Å². The molecule has 1 fully saturated rings. The van der Waals surface area contributed by atoms with Crippen molar-refractivity contribution in [1.29, 1.82) is 0 Å². The first-order chi connectivity index (χ1) is 11.6. The van der Waals surface area contributed by atoms with Gasteiger partial charge in [0, 0.05) is 44.0 Å². The maximum atomic E-state index is 12.8. The van der Waals surface area contributed by atoms with Crippen LogP contribution < -0.4 is 0 Å². The Balaban J connectivity index is 1.64. The lowest BCUT2D eigenvalue weighted by Crippen LogP contribution is -2.55. The summed E-state index contributed by atoms with van der Waals surface area (Å²) in [5, 5.41) is 0. The van der Waals surface area contributed by atoms with Crippen LogP contribution in [0.4, 0.5) is 0 Å². The summed E-state index contributed by atoms with van der Waals surface area (Å²) in [7, 11) is 0. The number of carbonyl (C=O) groups excluding carboxylic acids is 1. The Morgan fingerprint density at radius 2 is 2.00 bits per heavy atom. The highest BCUT2D eigenvalue weighted by Crippen LogP contribution is 2.41. The number of pyridine rings is 1. The zero-order valence-corrected chi connectivity index (χ0v) is 14.3. The number of hydrogen-bond donors (Lipinski definition) is 0. The number of piperazine rings is 1. The minimum absolute atomic E-state index is 0.0880. The molecule has 3 heterocycles. The van der Waals surface area contributed by atoms with E-state index in [1.165, 1.54) is 11.1 Å². The number of rotatable bonds is 1. The molecule has 4 heteroatoms. The summed E-state index contributed by atoms with van der Waals surface area (Å²) in [5.74, 6) is 0.0880. The molecule has 2 aromatic rings. The van der Waals surface area contributed by atoms with Crippen LogP contribution in [0.15, 0.2) is 48.8 Å². The predicted octanol–water partition coefficient (Wildman–Crippen LogP) is 2.87. The second kappa shape index (κ2) is 5.71. The third kappa shape index (κ3) is 2.51. The molecule has 0 aliphatic carbocycles. The zero-order chi connectivity index (χ0) is 16.7. The maximum absolute atomic E-state index is 12.8. The third-order valence-electron chi connectivity index (χ3n) is 5.33. The Hall–Kier alpha value is -2.20. The number of amides is 1. The van der Waals surface area contributed by atoms with Crippen LogP contribution in [0.2, 0.25) is 0 Å². The highest BCUT2D eigenvalue weighted by molar-refractivity contribution is 5.94. The molecule has 2 aliphatic rings. The molecule has 1 amide bonds. The van der Waals surface area contributed by atoms with Crippen molar-refractivity contribution in [3.8, 4) is 0 Å². The standard InChI is InChI=1S/C20H23N3O/c1-20(2)14-23-11-10-22(19(24)15-6-5-9-21-12-15)13-18(23)16-7-3-4-8-17(16)20/h3-9,12,18H,10-11,13-14H2,1-2H3. The molecule has 0 radical (unpaired) electrons. The topological polar surface area (TPSA) is 36.4 Å². The Labute approximate surface area is 143 Å². The van der Waals surface area contributed by atoms with Crippen LogP contribution in [0.25, 0.3) is 0 Å². The van der Waals surface area contributed by atoms with Crippen molar-refractivity contribution in [2.75, 3.05) is 26.2 Å². The molecule has 1 saturated heterocycles. The van der Waals surface area contributed by atoms with Gasteiger partial charge in [-0.05, 0) is 23.3 Å². The van der Waals surface area contributed by atoms with Crippen molar-refractivity contribution in [2.45, 2.75) is 25.3 Å². The van der Waals surface area contributed by atoms with Crippen molar-refractivity contribution in [3.63, 3.8) is 0 Å². The molecule has 2 aliphatic heterocycles. The second-order valence-electron chi connectivity index (χ2n) is 7.45. The van der Waals surface area contributed by atoms with E-state index in [0.717, 1.165) is 26.2 Å². The molecule has 24 heavy (non-hydrogen) atoms. The van der Waals surface area contributed by atoms with Gasteiger partial charge < -0.3 is 4.90 Å². The van der Waals surface area contributed by atoms with Gasteiger partial charge in [-0.3, -0.25) is 14.7 Å². The van der Waals surface area contributed by atoms with Crippen molar-refractivity contribution in [2.24, 2.45) is 0 Å². The third-order valence-corrected chi connectivity index (χ3v) is 5.33. The van der Waals surface area contributed by atoms with E-state index in [1.54, 1.807) is 12.4 Å². The molecule has 1 unspecified atom stereocenters. The molecule has 0 saturated carbocycles. The molecule has 1 atom stereocenters. The van der Waals surface area contributed by atoms with Gasteiger partial charge in [-0.2, -0.15) is 0 Å². The van der Waals surface area contributed by atoms with Crippen LogP contribution in [0.3, 0.4) is 0 Å². The predicted molar refractivity (Wildman–Crippen MR) is 93.9 cm³/mol. The molecule has 0 bridgehead atoms. The molecular formula is C20H23N3O. The summed E-state index contributed by atoms with van der Waals surface area (Å²) >= 11 is 0. The van der Waals surface area contributed by atoms with E-state index in [2.05, 4.69) is 48.0 Å². The fraction of sp³-hybridized carbons (Fsp3) is 0.400. The Kier molecular flexibility index (Phi) is 3.65. The highest BCUT2D eigenvalue weighted by Gasteiger charge is 2.40. The summed E-state index contributed by atoms with van der Waals surface area (Å²) in [5.41, 5.74) is 3.62. The second-order valence-corrected chi connectivity index (χ2v) is 7.45. The highest BCUT2D eigenvalue weighted by atomic mass is 16.2. The van der Waals surface area contributed by atoms with Gasteiger partial charge in [-0.25, -0.2) is 0 Å². The van der Waals surface area contributed by atoms with Crippen LogP contribution >= 0.6 is 0 Å². The first-order valence-corrected chi connectivity index (χ1v) is 8.59. The van der Waals surface area contributed by atoms with Gasteiger partial charge in [0.1, 0.15) is 0 Å². The van der Waals surface area contributed by atoms with E-state index in [1.807, 2.05) is 17.0 Å². The summed E-state index contributed by atoms with van der Waals surface area (Å²) in [6.45, 7) is 8.13. The largest absolute Gasteiger partial charge is 0.335 e. The average molecular weight is 321 g/mol. The lowest BCUT2D eigenvalue weighted by molar-refractivity contribution is 0.0359. The van der Waals surface area contributed by atoms with E-state index in [4.69, 9.17) is 0 Å². The number of carbonyl (C=O) groups is 1. The molecular weight excluding hydrogens is 298 g/mol. The van der Waals surface area contributed by atoms with Gasteiger partial charge in [-0.1, -0.05) is 38.1 Å². The number of nitrogens with zero attached hydrogens (tertiary/aromatic N) is 3. The summed E-state index contributed by atoms with van der Waals surface area (Å²) < 4.78 is 0. The number of fused-ring (bicyclic) bond motifs is 3. The smallest absolute Gasteiger partial charge is 0.255 e. The summed E-state index contributed by atoms with van der Waals surface area (Å²) in [4.78, 5) is 21.4. The van der Waals surface area contributed by atoms with Gasteiger partial charge in [0.05, 0.1) is 11.6 Å². The quantitative estimate of drug-likeness (QED) is 0.810. The monoisotopic (exact) mass is 321 g/mol. The lowest BCUT2D eigenvalue weighted by atomic mass is 9.75. The molecule has 0 spiro atoms. The number of aromatic nitrogens is 1. The minimum atomic E-state index is 0.0880. The lowest BCUT2D eigenvalue weighted by Gasteiger charge is -2.50. The van der Waals surface area contributed by atoms with Crippen LogP contribution in [-0.2, 0) is 5.41 Å². The van der Waals surface area contributed by atoms with Crippen molar-refractivity contribution in [3.05, 3.63) is 65.5 Å². The van der Waals surface area contributed by atoms with E-state index in [0.29, 0.717) is 11.6 Å². The molecule has 124 valence electrons. The zero-order valence-electron chi connectivity index (χ0n) is 14.3. The van der Waals surface area contributed by atoms with Gasteiger partial charge in [0.15, 0.2) is 0 Å². The molecule has 1 aromatic carbocycles. The van der Waals surface area contributed by atoms with Crippen molar-refractivity contribution >= 4 is 5.91 Å². The van der Waals surface area contributed by atoms with Crippen molar-refractivity contribution in [1.82, 2.24) is 14.8 Å². The van der Waals surface area contributed by atoms with Gasteiger partial charge in [0.2, 0.25) is 0 Å².